The van der Waals surface area contributed by atoms with Gasteiger partial charge in [0, 0.05) is 13.1 Å². The van der Waals surface area contributed by atoms with E-state index in [1.165, 1.54) is 38.5 Å². The molecule has 0 radical (unpaired) electrons. The van der Waals surface area contributed by atoms with Gasteiger partial charge in [0.1, 0.15) is 0 Å². The van der Waals surface area contributed by atoms with Crippen molar-refractivity contribution in [2.45, 2.75) is 38.5 Å². The van der Waals surface area contributed by atoms with Crippen molar-refractivity contribution in [1.82, 2.24) is 15.0 Å². The van der Waals surface area contributed by atoms with E-state index in [0.29, 0.717) is 11.4 Å². The molecule has 1 aromatic heterocycles. The van der Waals surface area contributed by atoms with Crippen LogP contribution in [0.1, 0.15) is 38.5 Å². The number of ether oxygens (including phenoxy) is 1. The second-order valence-electron chi connectivity index (χ2n) is 5.59. The van der Waals surface area contributed by atoms with E-state index in [2.05, 4.69) is 19.9 Å². The predicted octanol–water partition coefficient (Wildman–Crippen LogP) is 2.69. The van der Waals surface area contributed by atoms with E-state index in [-0.39, 0.29) is 11.3 Å². The summed E-state index contributed by atoms with van der Waals surface area (Å²) in [5, 5.41) is 0.197. The SMILES string of the molecule is COc1nc(Cl)nc(N2CCC3(CCCC3)CC2)n1. The Labute approximate surface area is 118 Å². The minimum absolute atomic E-state index is 0.197. The smallest absolute Gasteiger partial charge is 0.322 e. The summed E-state index contributed by atoms with van der Waals surface area (Å²) in [5.74, 6) is 0.643. The van der Waals surface area contributed by atoms with Crippen LogP contribution in [-0.2, 0) is 0 Å². The van der Waals surface area contributed by atoms with Gasteiger partial charge in [-0.15, -0.1) is 0 Å². The van der Waals surface area contributed by atoms with Crippen LogP contribution in [0.2, 0.25) is 5.28 Å². The number of hydrogen-bond acceptors (Lipinski definition) is 5. The first-order chi connectivity index (χ1) is 9.21. The van der Waals surface area contributed by atoms with Gasteiger partial charge in [0.25, 0.3) is 0 Å². The maximum atomic E-state index is 5.90. The third-order valence-corrected chi connectivity index (χ3v) is 4.70. The average molecular weight is 283 g/mol. The Kier molecular flexibility index (Phi) is 3.48. The van der Waals surface area contributed by atoms with Crippen LogP contribution in [0.15, 0.2) is 0 Å². The van der Waals surface area contributed by atoms with Gasteiger partial charge < -0.3 is 9.64 Å². The normalized spacial score (nSPS) is 21.9. The highest BCUT2D eigenvalue weighted by molar-refractivity contribution is 6.28. The summed E-state index contributed by atoms with van der Waals surface area (Å²) >= 11 is 5.90. The summed E-state index contributed by atoms with van der Waals surface area (Å²) in [6.45, 7) is 2.01. The first kappa shape index (κ1) is 12.9. The van der Waals surface area contributed by atoms with Crippen molar-refractivity contribution < 1.29 is 4.74 Å². The molecule has 1 aromatic rings. The van der Waals surface area contributed by atoms with Gasteiger partial charge in [0.2, 0.25) is 11.2 Å². The fourth-order valence-corrected chi connectivity index (χ4v) is 3.51. The Bertz CT molecular complexity index is 452. The topological polar surface area (TPSA) is 51.1 Å². The third kappa shape index (κ3) is 2.61. The van der Waals surface area contributed by atoms with Crippen LogP contribution in [0, 0.1) is 5.41 Å². The lowest BCUT2D eigenvalue weighted by atomic mass is 9.77. The highest BCUT2D eigenvalue weighted by atomic mass is 35.5. The summed E-state index contributed by atoms with van der Waals surface area (Å²) in [5.41, 5.74) is 0.595. The van der Waals surface area contributed by atoms with Crippen molar-refractivity contribution >= 4 is 17.5 Å². The maximum Gasteiger partial charge on any atom is 0.322 e. The lowest BCUT2D eigenvalue weighted by Crippen LogP contribution is -2.39. The molecule has 1 aliphatic heterocycles. The summed E-state index contributed by atoms with van der Waals surface area (Å²) in [4.78, 5) is 14.6. The average Bonchev–Trinajstić information content (AvgIpc) is 2.87. The number of aromatic nitrogens is 3. The molecule has 3 rings (SSSR count). The van der Waals surface area contributed by atoms with Gasteiger partial charge in [-0.2, -0.15) is 15.0 Å². The van der Waals surface area contributed by atoms with Crippen molar-refractivity contribution in [2.75, 3.05) is 25.1 Å². The molecule has 1 saturated carbocycles. The molecule has 2 heterocycles. The molecule has 6 heteroatoms. The zero-order valence-electron chi connectivity index (χ0n) is 11.2. The highest BCUT2D eigenvalue weighted by Crippen LogP contribution is 2.46. The van der Waals surface area contributed by atoms with Crippen LogP contribution in [0.3, 0.4) is 0 Å². The van der Waals surface area contributed by atoms with Crippen LogP contribution < -0.4 is 9.64 Å². The molecule has 0 bridgehead atoms. The van der Waals surface area contributed by atoms with Crippen molar-refractivity contribution in [3.05, 3.63) is 5.28 Å². The number of halogens is 1. The zero-order valence-corrected chi connectivity index (χ0v) is 12.0. The molecule has 0 N–H and O–H groups in total. The molecule has 0 aromatic carbocycles. The first-order valence-corrected chi connectivity index (χ1v) is 7.29. The van der Waals surface area contributed by atoms with E-state index < -0.39 is 0 Å². The Balaban J connectivity index is 1.72. The molecule has 0 atom stereocenters. The third-order valence-electron chi connectivity index (χ3n) is 4.53. The zero-order chi connectivity index (χ0) is 13.3. The van der Waals surface area contributed by atoms with Crippen LogP contribution in [-0.4, -0.2) is 35.2 Å². The Hall–Kier alpha value is -1.10. The van der Waals surface area contributed by atoms with Crippen molar-refractivity contribution in [2.24, 2.45) is 5.41 Å². The van der Waals surface area contributed by atoms with Crippen molar-refractivity contribution in [3.8, 4) is 6.01 Å². The van der Waals surface area contributed by atoms with Crippen LogP contribution >= 0.6 is 11.6 Å². The van der Waals surface area contributed by atoms with Gasteiger partial charge in [-0.1, -0.05) is 12.8 Å². The summed E-state index contributed by atoms with van der Waals surface area (Å²) < 4.78 is 5.05. The number of rotatable bonds is 2. The van der Waals surface area contributed by atoms with E-state index in [4.69, 9.17) is 16.3 Å². The lowest BCUT2D eigenvalue weighted by Gasteiger charge is -2.39. The summed E-state index contributed by atoms with van der Waals surface area (Å²) in [7, 11) is 1.54. The van der Waals surface area contributed by atoms with Gasteiger partial charge in [0.15, 0.2) is 0 Å². The summed E-state index contributed by atoms with van der Waals surface area (Å²) in [6, 6.07) is 0.288. The molecule has 2 aliphatic rings. The first-order valence-electron chi connectivity index (χ1n) is 6.91. The van der Waals surface area contributed by atoms with Gasteiger partial charge >= 0.3 is 6.01 Å². The molecule has 2 fully saturated rings. The fraction of sp³-hybridized carbons (Fsp3) is 0.769. The van der Waals surface area contributed by atoms with Crippen LogP contribution in [0.25, 0.3) is 0 Å². The van der Waals surface area contributed by atoms with E-state index in [0.717, 1.165) is 13.1 Å². The molecule has 1 saturated heterocycles. The predicted molar refractivity (Wildman–Crippen MR) is 73.7 cm³/mol. The lowest BCUT2D eigenvalue weighted by molar-refractivity contribution is 0.225. The van der Waals surface area contributed by atoms with Crippen LogP contribution in [0.5, 0.6) is 6.01 Å². The molecule has 0 amide bonds. The van der Waals surface area contributed by atoms with E-state index in [1.807, 2.05) is 0 Å². The molecule has 0 unspecified atom stereocenters. The molecule has 1 spiro atoms. The van der Waals surface area contributed by atoms with Gasteiger partial charge in [-0.25, -0.2) is 0 Å². The molecular formula is C13H19ClN4O. The van der Waals surface area contributed by atoms with E-state index >= 15 is 0 Å². The molecular weight excluding hydrogens is 264 g/mol. The largest absolute Gasteiger partial charge is 0.467 e. The molecule has 5 nitrogen and oxygen atoms in total. The van der Waals surface area contributed by atoms with Gasteiger partial charge in [-0.05, 0) is 42.7 Å². The monoisotopic (exact) mass is 282 g/mol. The quantitative estimate of drug-likeness (QED) is 0.835. The second-order valence-corrected chi connectivity index (χ2v) is 5.92. The van der Waals surface area contributed by atoms with Gasteiger partial charge in [-0.3, -0.25) is 0 Å². The minimum atomic E-state index is 0.197. The van der Waals surface area contributed by atoms with E-state index in [1.54, 1.807) is 7.11 Å². The van der Waals surface area contributed by atoms with E-state index in [9.17, 15) is 0 Å². The number of nitrogens with zero attached hydrogens (tertiary/aromatic N) is 4. The molecule has 1 aliphatic carbocycles. The number of hydrogen-bond donors (Lipinski definition) is 0. The summed E-state index contributed by atoms with van der Waals surface area (Å²) in [6.07, 6.45) is 8.04. The Morgan fingerprint density at radius 1 is 1.05 bits per heavy atom. The number of piperidine rings is 1. The standard InChI is InChI=1S/C13H19ClN4O/c1-19-12-16-10(14)15-11(17-12)18-8-6-13(7-9-18)4-2-3-5-13/h2-9H2,1H3. The maximum absolute atomic E-state index is 5.90. The molecule has 104 valence electrons. The molecule has 19 heavy (non-hydrogen) atoms. The number of anilines is 1. The van der Waals surface area contributed by atoms with Crippen molar-refractivity contribution in [3.63, 3.8) is 0 Å². The van der Waals surface area contributed by atoms with Crippen molar-refractivity contribution in [1.29, 1.82) is 0 Å². The Morgan fingerprint density at radius 3 is 2.37 bits per heavy atom. The number of methoxy groups -OCH3 is 1. The minimum Gasteiger partial charge on any atom is -0.467 e. The van der Waals surface area contributed by atoms with Gasteiger partial charge in [0.05, 0.1) is 7.11 Å². The fourth-order valence-electron chi connectivity index (χ4n) is 3.36. The Morgan fingerprint density at radius 2 is 1.74 bits per heavy atom. The van der Waals surface area contributed by atoms with Crippen LogP contribution in [0.4, 0.5) is 5.95 Å². The second kappa shape index (κ2) is 5.12. The highest BCUT2D eigenvalue weighted by Gasteiger charge is 2.37.